The lowest BCUT2D eigenvalue weighted by Gasteiger charge is -2.33. The first-order chi connectivity index (χ1) is 10.9. The number of thiophene rings is 1. The van der Waals surface area contributed by atoms with Gasteiger partial charge in [0, 0.05) is 40.3 Å². The highest BCUT2D eigenvalue weighted by Crippen LogP contribution is 2.23. The Morgan fingerprint density at radius 3 is 2.39 bits per heavy atom. The second-order valence-corrected chi connectivity index (χ2v) is 6.79. The zero-order valence-corrected chi connectivity index (χ0v) is 14.4. The van der Waals surface area contributed by atoms with Crippen molar-refractivity contribution < 1.29 is 4.79 Å². The van der Waals surface area contributed by atoms with E-state index in [1.54, 1.807) is 13.1 Å². The normalized spacial score (nSPS) is 16.2. The molecule has 0 aromatic carbocycles. The summed E-state index contributed by atoms with van der Waals surface area (Å²) in [5.41, 5.74) is -0.728. The minimum absolute atomic E-state index is 0.0588. The Kier molecular flexibility index (Phi) is 4.11. The average molecular weight is 336 g/mol. The Balaban J connectivity index is 1.97. The molecule has 1 amide bonds. The second-order valence-electron chi connectivity index (χ2n) is 5.76. The first-order valence-electron chi connectivity index (χ1n) is 7.65. The summed E-state index contributed by atoms with van der Waals surface area (Å²) >= 11 is 1.21. The Bertz CT molecular complexity index is 871. The first kappa shape index (κ1) is 15.9. The van der Waals surface area contributed by atoms with E-state index >= 15 is 0 Å². The van der Waals surface area contributed by atoms with E-state index in [0.717, 1.165) is 24.2 Å². The highest BCUT2D eigenvalue weighted by atomic mass is 32.1. The van der Waals surface area contributed by atoms with Crippen molar-refractivity contribution in [3.63, 3.8) is 0 Å². The zero-order valence-electron chi connectivity index (χ0n) is 13.5. The topological polar surface area (TPSA) is 67.6 Å². The van der Waals surface area contributed by atoms with Crippen molar-refractivity contribution in [3.05, 3.63) is 31.8 Å². The molecule has 124 valence electrons. The van der Waals surface area contributed by atoms with Crippen LogP contribution in [0.3, 0.4) is 0 Å². The number of fused-ring (bicyclic) bond motifs is 1. The molecule has 8 heteroatoms. The van der Waals surface area contributed by atoms with Gasteiger partial charge in [-0.25, -0.2) is 4.79 Å². The molecule has 1 aliphatic rings. The van der Waals surface area contributed by atoms with Crippen LogP contribution in [0.1, 0.15) is 16.6 Å². The molecule has 0 spiro atoms. The number of carbonyl (C=O) groups excluding carboxylic acids is 1. The molecule has 1 saturated heterocycles. The van der Waals surface area contributed by atoms with Crippen molar-refractivity contribution in [2.45, 2.75) is 6.92 Å². The van der Waals surface area contributed by atoms with Crippen LogP contribution in [0.15, 0.2) is 15.7 Å². The number of hydrogen-bond donors (Lipinski definition) is 0. The second kappa shape index (κ2) is 5.93. The predicted molar refractivity (Wildman–Crippen MR) is 90.3 cm³/mol. The number of nitrogens with zero attached hydrogens (tertiary/aromatic N) is 4. The van der Waals surface area contributed by atoms with E-state index in [0.29, 0.717) is 28.2 Å². The summed E-state index contributed by atoms with van der Waals surface area (Å²) in [4.78, 5) is 42.1. The summed E-state index contributed by atoms with van der Waals surface area (Å²) in [6, 6.07) is 1.62. The smallest absolute Gasteiger partial charge is 0.331 e. The summed E-state index contributed by atoms with van der Waals surface area (Å²) in [5.74, 6) is -0.0588. The molecule has 1 aliphatic heterocycles. The number of aryl methyl sites for hydroxylation is 1. The van der Waals surface area contributed by atoms with Crippen LogP contribution in [0, 0.1) is 0 Å². The summed E-state index contributed by atoms with van der Waals surface area (Å²) in [5, 5.41) is 0.426. The van der Waals surface area contributed by atoms with Gasteiger partial charge in [-0.3, -0.25) is 18.7 Å². The van der Waals surface area contributed by atoms with E-state index in [1.165, 1.54) is 23.0 Å². The molecule has 0 unspecified atom stereocenters. The number of piperazine rings is 1. The fraction of sp³-hybridized carbons (Fsp3) is 0.533. The van der Waals surface area contributed by atoms with Gasteiger partial charge in [0.05, 0.1) is 10.3 Å². The average Bonchev–Trinajstić information content (AvgIpc) is 3.03. The molecule has 0 radical (unpaired) electrons. The van der Waals surface area contributed by atoms with Crippen molar-refractivity contribution in [2.75, 3.05) is 32.7 Å². The maximum absolute atomic E-state index is 12.7. The van der Waals surface area contributed by atoms with Crippen LogP contribution in [0.4, 0.5) is 0 Å². The van der Waals surface area contributed by atoms with E-state index in [1.807, 2.05) is 4.90 Å². The summed E-state index contributed by atoms with van der Waals surface area (Å²) < 4.78 is 2.50. The lowest BCUT2D eigenvalue weighted by Crippen LogP contribution is -2.48. The molecule has 2 aromatic heterocycles. The third kappa shape index (κ3) is 2.61. The number of rotatable bonds is 2. The van der Waals surface area contributed by atoms with Crippen molar-refractivity contribution >= 4 is 27.5 Å². The first-order valence-corrected chi connectivity index (χ1v) is 8.47. The Morgan fingerprint density at radius 1 is 1.13 bits per heavy atom. The molecule has 0 saturated carbocycles. The standard InChI is InChI=1S/C15H20N4O3S/c1-4-18-5-7-19(8-6-18)13(21)11-9-10-12(20)16(2)15(22)17(3)14(10)23-11/h9H,4-8H2,1-3H3. The van der Waals surface area contributed by atoms with Crippen molar-refractivity contribution in [1.82, 2.24) is 18.9 Å². The fourth-order valence-electron chi connectivity index (χ4n) is 2.89. The van der Waals surface area contributed by atoms with Crippen molar-refractivity contribution in [3.8, 4) is 0 Å². The minimum atomic E-state index is -0.375. The van der Waals surface area contributed by atoms with Gasteiger partial charge in [0.1, 0.15) is 4.83 Å². The zero-order chi connectivity index (χ0) is 16.7. The van der Waals surface area contributed by atoms with Gasteiger partial charge in [0.25, 0.3) is 11.5 Å². The molecule has 0 bridgehead atoms. The van der Waals surface area contributed by atoms with Crippen LogP contribution in [0.5, 0.6) is 0 Å². The number of likely N-dealkylation sites (N-methyl/N-ethyl adjacent to an activating group) is 1. The molecule has 0 aliphatic carbocycles. The Hall–Kier alpha value is -1.93. The van der Waals surface area contributed by atoms with Gasteiger partial charge in [-0.05, 0) is 12.6 Å². The maximum atomic E-state index is 12.7. The van der Waals surface area contributed by atoms with Crippen LogP contribution >= 0.6 is 11.3 Å². The van der Waals surface area contributed by atoms with E-state index < -0.39 is 0 Å². The van der Waals surface area contributed by atoms with Crippen molar-refractivity contribution in [2.24, 2.45) is 14.1 Å². The van der Waals surface area contributed by atoms with Crippen LogP contribution in [-0.2, 0) is 14.1 Å². The summed E-state index contributed by atoms with van der Waals surface area (Å²) in [6.45, 7) is 6.22. The van der Waals surface area contributed by atoms with Gasteiger partial charge < -0.3 is 9.80 Å². The van der Waals surface area contributed by atoms with Gasteiger partial charge in [0.15, 0.2) is 0 Å². The highest BCUT2D eigenvalue weighted by Gasteiger charge is 2.24. The molecular formula is C15H20N4O3S. The van der Waals surface area contributed by atoms with Gasteiger partial charge in [-0.1, -0.05) is 6.92 Å². The van der Waals surface area contributed by atoms with Gasteiger partial charge in [-0.2, -0.15) is 0 Å². The Labute approximate surface area is 137 Å². The number of amides is 1. The van der Waals surface area contributed by atoms with Gasteiger partial charge in [-0.15, -0.1) is 11.3 Å². The third-order valence-corrected chi connectivity index (χ3v) is 5.64. The van der Waals surface area contributed by atoms with Crippen LogP contribution in [0.2, 0.25) is 0 Å². The largest absolute Gasteiger partial charge is 0.335 e. The number of aromatic nitrogens is 2. The third-order valence-electron chi connectivity index (χ3n) is 4.44. The molecule has 1 fully saturated rings. The van der Waals surface area contributed by atoms with Crippen LogP contribution in [0.25, 0.3) is 10.2 Å². The quantitative estimate of drug-likeness (QED) is 0.779. The van der Waals surface area contributed by atoms with Crippen molar-refractivity contribution in [1.29, 1.82) is 0 Å². The lowest BCUT2D eigenvalue weighted by atomic mass is 10.2. The molecule has 7 nitrogen and oxygen atoms in total. The molecule has 3 rings (SSSR count). The Morgan fingerprint density at radius 2 is 1.78 bits per heavy atom. The van der Waals surface area contributed by atoms with Gasteiger partial charge in [0.2, 0.25) is 0 Å². The molecule has 0 N–H and O–H groups in total. The predicted octanol–water partition coefficient (Wildman–Crippen LogP) is 0.0764. The minimum Gasteiger partial charge on any atom is -0.335 e. The monoisotopic (exact) mass is 336 g/mol. The van der Waals surface area contributed by atoms with Crippen LogP contribution in [-0.4, -0.2) is 57.6 Å². The number of carbonyl (C=O) groups is 1. The van der Waals surface area contributed by atoms with E-state index in [2.05, 4.69) is 11.8 Å². The molecule has 0 atom stereocenters. The molecule has 3 heterocycles. The maximum Gasteiger partial charge on any atom is 0.331 e. The summed E-state index contributed by atoms with van der Waals surface area (Å²) in [6.07, 6.45) is 0. The molecule has 23 heavy (non-hydrogen) atoms. The highest BCUT2D eigenvalue weighted by molar-refractivity contribution is 7.20. The molecular weight excluding hydrogens is 316 g/mol. The summed E-state index contributed by atoms with van der Waals surface area (Å²) in [7, 11) is 3.07. The van der Waals surface area contributed by atoms with E-state index in [4.69, 9.17) is 0 Å². The lowest BCUT2D eigenvalue weighted by molar-refractivity contribution is 0.0648. The van der Waals surface area contributed by atoms with Gasteiger partial charge >= 0.3 is 5.69 Å². The van der Waals surface area contributed by atoms with E-state index in [9.17, 15) is 14.4 Å². The number of hydrogen-bond acceptors (Lipinski definition) is 5. The van der Waals surface area contributed by atoms with Crippen LogP contribution < -0.4 is 11.2 Å². The van der Waals surface area contributed by atoms with E-state index in [-0.39, 0.29) is 17.2 Å². The molecule has 2 aromatic rings. The SMILES string of the molecule is CCN1CCN(C(=O)c2cc3c(=O)n(C)c(=O)n(C)c3s2)CC1. The fourth-order valence-corrected chi connectivity index (χ4v) is 3.96.